The van der Waals surface area contributed by atoms with Gasteiger partial charge in [-0.3, -0.25) is 5.32 Å². The highest BCUT2D eigenvalue weighted by Crippen LogP contribution is 2.54. The Morgan fingerprint density at radius 1 is 1.42 bits per heavy atom. The number of carbonyl (C=O) groups excluding carboxylic acids is 1. The Morgan fingerprint density at radius 3 is 2.87 bits per heavy atom. The molecule has 2 amide bonds. The predicted octanol–water partition coefficient (Wildman–Crippen LogP) is 3.43. The molecule has 3 N–H and O–H groups in total. The van der Waals surface area contributed by atoms with Crippen LogP contribution in [-0.4, -0.2) is 46.8 Å². The number of methoxy groups -OCH3 is 1. The molecule has 0 aromatic carbocycles. The molecule has 2 aliphatic rings. The number of primary amides is 1. The smallest absolute Gasteiger partial charge is 0.317 e. The van der Waals surface area contributed by atoms with Crippen LogP contribution in [0.15, 0.2) is 36.7 Å². The first-order chi connectivity index (χ1) is 14.8. The molecule has 2 fully saturated rings. The van der Waals surface area contributed by atoms with Gasteiger partial charge in [0.1, 0.15) is 17.5 Å². The Kier molecular flexibility index (Phi) is 4.45. The third-order valence-corrected chi connectivity index (χ3v) is 5.97. The molecule has 2 atom stereocenters. The van der Waals surface area contributed by atoms with E-state index in [0.717, 1.165) is 0 Å². The number of nitrogens with two attached hydrogens (primary N) is 1. The second kappa shape index (κ2) is 6.96. The minimum Gasteiger partial charge on any atom is -0.378 e. The van der Waals surface area contributed by atoms with Gasteiger partial charge in [-0.2, -0.15) is 0 Å². The number of rotatable bonds is 5. The van der Waals surface area contributed by atoms with Crippen LogP contribution in [0, 0.1) is 0 Å². The molecule has 0 radical (unpaired) electrons. The number of alkyl halides is 2. The number of amides is 2. The molecule has 4 heterocycles. The van der Waals surface area contributed by atoms with Gasteiger partial charge in [-0.05, 0) is 18.2 Å². The zero-order valence-corrected chi connectivity index (χ0v) is 16.8. The van der Waals surface area contributed by atoms with E-state index in [-0.39, 0.29) is 12.2 Å². The van der Waals surface area contributed by atoms with Crippen LogP contribution in [0.2, 0.25) is 0 Å². The first-order valence-corrected chi connectivity index (χ1v) is 9.89. The van der Waals surface area contributed by atoms with Gasteiger partial charge < -0.3 is 19.8 Å². The second-order valence-electron chi connectivity index (χ2n) is 7.92. The molecule has 10 heteroatoms. The first kappa shape index (κ1) is 19.8. The number of anilines is 1. The van der Waals surface area contributed by atoms with Gasteiger partial charge in [0.25, 0.3) is 5.92 Å². The van der Waals surface area contributed by atoms with E-state index in [0.29, 0.717) is 47.5 Å². The summed E-state index contributed by atoms with van der Waals surface area (Å²) >= 11 is 0. The summed E-state index contributed by atoms with van der Waals surface area (Å²) in [4.78, 5) is 20.2. The largest absolute Gasteiger partial charge is 0.378 e. The predicted molar refractivity (Wildman–Crippen MR) is 109 cm³/mol. The summed E-state index contributed by atoms with van der Waals surface area (Å²) in [5, 5.41) is 3.07. The summed E-state index contributed by atoms with van der Waals surface area (Å²) in [7, 11) is 1.62. The Labute approximate surface area is 176 Å². The van der Waals surface area contributed by atoms with E-state index in [9.17, 15) is 13.6 Å². The average Bonchev–Trinajstić information content (AvgIpc) is 3.12. The molecular formula is C21H21F2N5O3. The van der Waals surface area contributed by atoms with Crippen LogP contribution >= 0.6 is 0 Å². The zero-order chi connectivity index (χ0) is 21.8. The number of pyridine rings is 2. The molecule has 1 saturated carbocycles. The highest BCUT2D eigenvalue weighted by Gasteiger charge is 2.58. The lowest BCUT2D eigenvalue weighted by molar-refractivity contribution is -0.0245. The Hall–Kier alpha value is -3.11. The Balaban J connectivity index is 1.65. The number of urea groups is 1. The molecule has 1 saturated heterocycles. The van der Waals surface area contributed by atoms with Crippen molar-refractivity contribution >= 4 is 22.8 Å². The molecule has 1 aliphatic heterocycles. The molecule has 3 aromatic heterocycles. The first-order valence-electron chi connectivity index (χ1n) is 9.89. The molecule has 0 spiro atoms. The number of carbonyl (C=O) groups is 1. The van der Waals surface area contributed by atoms with E-state index in [1.165, 1.54) is 10.8 Å². The van der Waals surface area contributed by atoms with Gasteiger partial charge in [-0.1, -0.05) is 6.07 Å². The molecule has 31 heavy (non-hydrogen) atoms. The van der Waals surface area contributed by atoms with Crippen LogP contribution in [0.4, 0.5) is 19.4 Å². The summed E-state index contributed by atoms with van der Waals surface area (Å²) in [6.45, 7) is 0.968. The number of hydrogen-bond donors (Lipinski definition) is 2. The van der Waals surface area contributed by atoms with E-state index >= 15 is 0 Å². The van der Waals surface area contributed by atoms with Gasteiger partial charge in [0, 0.05) is 43.7 Å². The number of ether oxygens (including phenoxy) is 2. The quantitative estimate of drug-likeness (QED) is 0.647. The SMILES string of the molecule is CO[C@@]1(c2cccc(-c3cn([C@@H]4CC4(F)F)c4cnc(NC(N)=O)cc34)n2)CCOC1. The van der Waals surface area contributed by atoms with Crippen LogP contribution in [-0.2, 0) is 15.1 Å². The van der Waals surface area contributed by atoms with Crippen LogP contribution in [0.3, 0.4) is 0 Å². The van der Waals surface area contributed by atoms with E-state index in [4.69, 9.17) is 20.2 Å². The third kappa shape index (κ3) is 3.31. The number of halogens is 2. The van der Waals surface area contributed by atoms with Crippen molar-refractivity contribution in [2.24, 2.45) is 5.73 Å². The molecule has 0 bridgehead atoms. The summed E-state index contributed by atoms with van der Waals surface area (Å²) in [6, 6.07) is 5.47. The summed E-state index contributed by atoms with van der Waals surface area (Å²) < 4.78 is 40.6. The zero-order valence-electron chi connectivity index (χ0n) is 16.8. The topological polar surface area (TPSA) is 104 Å². The lowest BCUT2D eigenvalue weighted by Crippen LogP contribution is -2.30. The van der Waals surface area contributed by atoms with Crippen molar-refractivity contribution in [3.63, 3.8) is 0 Å². The number of nitrogens with one attached hydrogen (secondary N) is 1. The van der Waals surface area contributed by atoms with Crippen molar-refractivity contribution in [3.05, 3.63) is 42.4 Å². The minimum absolute atomic E-state index is 0.227. The summed E-state index contributed by atoms with van der Waals surface area (Å²) in [6.07, 6.45) is 3.58. The van der Waals surface area contributed by atoms with Gasteiger partial charge in [0.2, 0.25) is 0 Å². The van der Waals surface area contributed by atoms with E-state index < -0.39 is 23.6 Å². The number of nitrogens with zero attached hydrogens (tertiary/aromatic N) is 3. The van der Waals surface area contributed by atoms with E-state index in [2.05, 4.69) is 10.3 Å². The fraction of sp³-hybridized carbons (Fsp3) is 0.381. The van der Waals surface area contributed by atoms with Crippen molar-refractivity contribution in [3.8, 4) is 11.3 Å². The van der Waals surface area contributed by atoms with Gasteiger partial charge >= 0.3 is 6.03 Å². The lowest BCUT2D eigenvalue weighted by atomic mass is 9.97. The fourth-order valence-corrected chi connectivity index (χ4v) is 4.16. The van der Waals surface area contributed by atoms with Crippen molar-refractivity contribution in [2.75, 3.05) is 25.6 Å². The minimum atomic E-state index is -2.76. The number of fused-ring (bicyclic) bond motifs is 1. The Morgan fingerprint density at radius 2 is 2.23 bits per heavy atom. The second-order valence-corrected chi connectivity index (χ2v) is 7.92. The molecule has 8 nitrogen and oxygen atoms in total. The average molecular weight is 429 g/mol. The van der Waals surface area contributed by atoms with Crippen LogP contribution < -0.4 is 11.1 Å². The fourth-order valence-electron chi connectivity index (χ4n) is 4.16. The van der Waals surface area contributed by atoms with Crippen molar-refractivity contribution in [2.45, 2.75) is 30.4 Å². The summed E-state index contributed by atoms with van der Waals surface area (Å²) in [5.41, 5.74) is 7.06. The van der Waals surface area contributed by atoms with E-state index in [1.54, 1.807) is 19.4 Å². The van der Waals surface area contributed by atoms with Crippen LogP contribution in [0.1, 0.15) is 24.6 Å². The highest BCUT2D eigenvalue weighted by molar-refractivity contribution is 5.98. The molecule has 1 aliphatic carbocycles. The van der Waals surface area contributed by atoms with Crippen molar-refractivity contribution < 1.29 is 23.0 Å². The van der Waals surface area contributed by atoms with Crippen LogP contribution in [0.5, 0.6) is 0 Å². The number of hydrogen-bond acceptors (Lipinski definition) is 5. The summed E-state index contributed by atoms with van der Waals surface area (Å²) in [5.74, 6) is -2.53. The molecule has 5 rings (SSSR count). The molecule has 0 unspecified atom stereocenters. The third-order valence-electron chi connectivity index (χ3n) is 5.97. The monoisotopic (exact) mass is 429 g/mol. The highest BCUT2D eigenvalue weighted by atomic mass is 19.3. The molecule has 162 valence electrons. The lowest BCUT2D eigenvalue weighted by Gasteiger charge is -2.25. The maximum Gasteiger partial charge on any atom is 0.317 e. The van der Waals surface area contributed by atoms with Crippen molar-refractivity contribution in [1.29, 1.82) is 0 Å². The van der Waals surface area contributed by atoms with Crippen molar-refractivity contribution in [1.82, 2.24) is 14.5 Å². The maximum absolute atomic E-state index is 13.9. The Bertz CT molecular complexity index is 1170. The maximum atomic E-state index is 13.9. The van der Waals surface area contributed by atoms with Gasteiger partial charge in [0.15, 0.2) is 0 Å². The van der Waals surface area contributed by atoms with Crippen LogP contribution in [0.25, 0.3) is 22.2 Å². The van der Waals surface area contributed by atoms with E-state index in [1.807, 2.05) is 18.2 Å². The van der Waals surface area contributed by atoms with Gasteiger partial charge in [-0.15, -0.1) is 0 Å². The molecule has 3 aromatic rings. The molecular weight excluding hydrogens is 408 g/mol. The van der Waals surface area contributed by atoms with Gasteiger partial charge in [0.05, 0.1) is 29.7 Å². The number of aromatic nitrogens is 3. The normalized spacial score (nSPS) is 24.4. The van der Waals surface area contributed by atoms with Gasteiger partial charge in [-0.25, -0.2) is 23.5 Å². The standard InChI is InChI=1S/C21H21F2N5O3/c1-30-20(5-6-31-11-20)16-4-2-3-14(26-16)13-10-28(17-8-21(17,22)23)15-9-25-18(7-12(13)15)27-19(24)29/h2-4,7,9-10,17H,5-6,8,11H2,1H3,(H3,24,25,27,29)/t17-,20+/m1/s1.